The molecule has 19 heavy (non-hydrogen) atoms. The highest BCUT2D eigenvalue weighted by molar-refractivity contribution is 5.97. The molecule has 1 N–H and O–H groups in total. The Bertz CT molecular complexity index is 365. The molecule has 0 aliphatic heterocycles. The van der Waals surface area contributed by atoms with E-state index in [9.17, 15) is 9.90 Å². The normalized spacial score (nSPS) is 10.9. The first-order chi connectivity index (χ1) is 9.17. The number of hydrogen-bond acceptors (Lipinski definition) is 3. The van der Waals surface area contributed by atoms with Crippen LogP contribution in [0.15, 0.2) is 24.3 Å². The maximum atomic E-state index is 12.2. The van der Waals surface area contributed by atoms with Crippen LogP contribution in [0.5, 0.6) is 5.75 Å². The highest BCUT2D eigenvalue weighted by Crippen LogP contribution is 2.11. The van der Waals surface area contributed by atoms with Gasteiger partial charge in [0, 0.05) is 5.56 Å². The number of nitrogens with zero attached hydrogens (tertiary/aromatic N) is 1. The highest BCUT2D eigenvalue weighted by Gasteiger charge is 2.11. The lowest BCUT2D eigenvalue weighted by Crippen LogP contribution is -2.31. The Labute approximate surface area is 116 Å². The van der Waals surface area contributed by atoms with E-state index in [1.807, 2.05) is 0 Å². The van der Waals surface area contributed by atoms with E-state index in [1.165, 1.54) is 0 Å². The quantitative estimate of drug-likeness (QED) is 0.693. The summed E-state index contributed by atoms with van der Waals surface area (Å²) in [6.07, 6.45) is 4.56. The minimum atomic E-state index is 0.132. The molecule has 3 heteroatoms. The van der Waals surface area contributed by atoms with Crippen LogP contribution in [-0.2, 0) is 0 Å². The van der Waals surface area contributed by atoms with Gasteiger partial charge in [0.05, 0.1) is 6.54 Å². The second kappa shape index (κ2) is 8.70. The van der Waals surface area contributed by atoms with Gasteiger partial charge in [0.25, 0.3) is 0 Å². The second-order valence-electron chi connectivity index (χ2n) is 4.95. The number of phenolic OH excluding ortho intramolecular Hbond substituents is 1. The molecule has 0 aliphatic carbocycles. The zero-order chi connectivity index (χ0) is 14.1. The smallest absolute Gasteiger partial charge is 0.176 e. The van der Waals surface area contributed by atoms with Gasteiger partial charge in [0.15, 0.2) is 5.78 Å². The predicted molar refractivity (Wildman–Crippen MR) is 78.7 cm³/mol. The van der Waals surface area contributed by atoms with E-state index in [1.54, 1.807) is 24.3 Å². The van der Waals surface area contributed by atoms with Gasteiger partial charge in [-0.15, -0.1) is 0 Å². The van der Waals surface area contributed by atoms with E-state index in [0.717, 1.165) is 38.8 Å². The summed E-state index contributed by atoms with van der Waals surface area (Å²) < 4.78 is 0. The summed E-state index contributed by atoms with van der Waals surface area (Å²) in [5.41, 5.74) is 0.677. The van der Waals surface area contributed by atoms with Crippen molar-refractivity contribution in [3.05, 3.63) is 29.8 Å². The number of hydrogen-bond donors (Lipinski definition) is 1. The third-order valence-corrected chi connectivity index (χ3v) is 3.21. The number of Topliss-reactive ketones (excluding diaryl/α,β-unsaturated/α-hetero) is 1. The van der Waals surface area contributed by atoms with E-state index in [0.29, 0.717) is 12.1 Å². The van der Waals surface area contributed by atoms with Gasteiger partial charge >= 0.3 is 0 Å². The molecule has 0 fully saturated rings. The summed E-state index contributed by atoms with van der Waals surface area (Å²) in [4.78, 5) is 14.4. The summed E-state index contributed by atoms with van der Waals surface area (Å²) in [7, 11) is 0. The van der Waals surface area contributed by atoms with Crippen molar-refractivity contribution in [2.24, 2.45) is 0 Å². The first-order valence-electron chi connectivity index (χ1n) is 7.22. The van der Waals surface area contributed by atoms with Gasteiger partial charge in [-0.2, -0.15) is 0 Å². The Balaban J connectivity index is 2.56. The molecular weight excluding hydrogens is 238 g/mol. The first kappa shape index (κ1) is 15.7. The molecule has 0 amide bonds. The minimum absolute atomic E-state index is 0.132. The molecule has 3 nitrogen and oxygen atoms in total. The van der Waals surface area contributed by atoms with Crippen LogP contribution < -0.4 is 0 Å². The van der Waals surface area contributed by atoms with E-state index in [4.69, 9.17) is 0 Å². The number of carbonyl (C=O) groups is 1. The van der Waals surface area contributed by atoms with Crippen molar-refractivity contribution in [3.63, 3.8) is 0 Å². The summed E-state index contributed by atoms with van der Waals surface area (Å²) in [6, 6.07) is 6.51. The zero-order valence-corrected chi connectivity index (χ0v) is 12.1. The molecular formula is C16H25NO2. The van der Waals surface area contributed by atoms with Crippen LogP contribution in [0.1, 0.15) is 49.9 Å². The van der Waals surface area contributed by atoms with Crippen molar-refractivity contribution in [3.8, 4) is 5.75 Å². The average Bonchev–Trinajstić information content (AvgIpc) is 2.42. The summed E-state index contributed by atoms with van der Waals surface area (Å²) in [6.45, 7) is 6.78. The molecule has 0 atom stereocenters. The molecule has 0 bridgehead atoms. The van der Waals surface area contributed by atoms with Crippen LogP contribution in [0, 0.1) is 0 Å². The second-order valence-corrected chi connectivity index (χ2v) is 4.95. The minimum Gasteiger partial charge on any atom is -0.508 e. The number of aromatic hydroxyl groups is 1. The van der Waals surface area contributed by atoms with E-state index < -0.39 is 0 Å². The number of rotatable bonds is 9. The number of ketones is 1. The van der Waals surface area contributed by atoms with Crippen molar-refractivity contribution in [1.82, 2.24) is 4.90 Å². The third kappa shape index (κ3) is 5.88. The van der Waals surface area contributed by atoms with Crippen molar-refractivity contribution >= 4 is 5.78 Å². The molecule has 1 rings (SSSR count). The summed E-state index contributed by atoms with van der Waals surface area (Å²) >= 11 is 0. The van der Waals surface area contributed by atoms with Crippen LogP contribution in [0.3, 0.4) is 0 Å². The van der Waals surface area contributed by atoms with E-state index in [2.05, 4.69) is 18.7 Å². The summed E-state index contributed by atoms with van der Waals surface area (Å²) in [5.74, 6) is 0.331. The van der Waals surface area contributed by atoms with Crippen molar-refractivity contribution < 1.29 is 9.90 Å². The highest BCUT2D eigenvalue weighted by atomic mass is 16.3. The fourth-order valence-electron chi connectivity index (χ4n) is 1.98. The van der Waals surface area contributed by atoms with Crippen LogP contribution in [0.25, 0.3) is 0 Å². The molecule has 0 heterocycles. The Morgan fingerprint density at radius 1 is 1.05 bits per heavy atom. The Morgan fingerprint density at radius 2 is 1.58 bits per heavy atom. The molecule has 1 aromatic rings. The maximum absolute atomic E-state index is 12.2. The predicted octanol–water partition coefficient (Wildman–Crippen LogP) is 3.48. The van der Waals surface area contributed by atoms with Crippen LogP contribution in [0.4, 0.5) is 0 Å². The van der Waals surface area contributed by atoms with Gasteiger partial charge in [-0.3, -0.25) is 9.69 Å². The van der Waals surface area contributed by atoms with E-state index >= 15 is 0 Å². The Kier molecular flexibility index (Phi) is 7.19. The average molecular weight is 263 g/mol. The molecule has 1 aromatic carbocycles. The SMILES string of the molecule is CCCCN(CCCC)CC(=O)c1ccc(O)cc1. The molecule has 0 radical (unpaired) electrons. The molecule has 0 spiro atoms. The number of phenols is 1. The van der Waals surface area contributed by atoms with Gasteiger partial charge in [-0.25, -0.2) is 0 Å². The number of unbranched alkanes of at least 4 members (excludes halogenated alkanes) is 2. The lowest BCUT2D eigenvalue weighted by Gasteiger charge is -2.21. The van der Waals surface area contributed by atoms with Crippen LogP contribution >= 0.6 is 0 Å². The molecule has 106 valence electrons. The van der Waals surface area contributed by atoms with E-state index in [-0.39, 0.29) is 11.5 Å². The number of benzene rings is 1. The van der Waals surface area contributed by atoms with Crippen molar-refractivity contribution in [2.75, 3.05) is 19.6 Å². The van der Waals surface area contributed by atoms with Gasteiger partial charge < -0.3 is 5.11 Å². The van der Waals surface area contributed by atoms with Crippen LogP contribution in [0.2, 0.25) is 0 Å². The lowest BCUT2D eigenvalue weighted by molar-refractivity contribution is 0.0928. The first-order valence-corrected chi connectivity index (χ1v) is 7.22. The fourth-order valence-corrected chi connectivity index (χ4v) is 1.98. The van der Waals surface area contributed by atoms with Gasteiger partial charge in [0.1, 0.15) is 5.75 Å². The fraction of sp³-hybridized carbons (Fsp3) is 0.562. The van der Waals surface area contributed by atoms with Crippen LogP contribution in [-0.4, -0.2) is 35.4 Å². The maximum Gasteiger partial charge on any atom is 0.176 e. The molecule has 0 saturated heterocycles. The van der Waals surface area contributed by atoms with Gasteiger partial charge in [0.2, 0.25) is 0 Å². The van der Waals surface area contributed by atoms with Crippen molar-refractivity contribution in [1.29, 1.82) is 0 Å². The van der Waals surface area contributed by atoms with Gasteiger partial charge in [-0.1, -0.05) is 26.7 Å². The molecule has 0 saturated carbocycles. The topological polar surface area (TPSA) is 40.5 Å². The summed E-state index contributed by atoms with van der Waals surface area (Å²) in [5, 5.41) is 9.23. The van der Waals surface area contributed by atoms with Crippen molar-refractivity contribution in [2.45, 2.75) is 39.5 Å². The molecule has 0 aromatic heterocycles. The lowest BCUT2D eigenvalue weighted by atomic mass is 10.1. The Morgan fingerprint density at radius 3 is 2.05 bits per heavy atom. The monoisotopic (exact) mass is 263 g/mol. The third-order valence-electron chi connectivity index (χ3n) is 3.21. The number of carbonyl (C=O) groups excluding carboxylic acids is 1. The Hall–Kier alpha value is -1.35. The standard InChI is InChI=1S/C16H25NO2/c1-3-5-11-17(12-6-4-2)13-16(19)14-7-9-15(18)10-8-14/h7-10,18H,3-6,11-13H2,1-2H3. The largest absolute Gasteiger partial charge is 0.508 e. The molecule has 0 unspecified atom stereocenters. The molecule has 0 aliphatic rings. The zero-order valence-electron chi connectivity index (χ0n) is 12.1. The van der Waals surface area contributed by atoms with Gasteiger partial charge in [-0.05, 0) is 50.2 Å².